The molecule has 1 fully saturated rings. The highest BCUT2D eigenvalue weighted by Crippen LogP contribution is 2.32. The van der Waals surface area contributed by atoms with Gasteiger partial charge in [0.1, 0.15) is 12.4 Å². The summed E-state index contributed by atoms with van der Waals surface area (Å²) < 4.78 is 5.67. The van der Waals surface area contributed by atoms with Gasteiger partial charge in [0.05, 0.1) is 0 Å². The van der Waals surface area contributed by atoms with Crippen LogP contribution in [0.2, 0.25) is 0 Å². The lowest BCUT2D eigenvalue weighted by atomic mass is 9.92. The summed E-state index contributed by atoms with van der Waals surface area (Å²) in [5.41, 5.74) is 3.23. The number of likely N-dealkylation sites (tertiary alicyclic amines) is 1. The van der Waals surface area contributed by atoms with Crippen LogP contribution in [0.15, 0.2) is 42.6 Å². The van der Waals surface area contributed by atoms with E-state index in [1.807, 2.05) is 18.2 Å². The molecule has 0 atom stereocenters. The molecule has 132 valence electrons. The number of benzene rings is 1. The summed E-state index contributed by atoms with van der Waals surface area (Å²) in [4.78, 5) is 6.80. The summed E-state index contributed by atoms with van der Waals surface area (Å²) in [6.07, 6.45) is 9.32. The summed E-state index contributed by atoms with van der Waals surface area (Å²) in [5.74, 6) is 3.93. The molecule has 0 saturated carbocycles. The lowest BCUT2D eigenvalue weighted by molar-refractivity contribution is 0.201. The topological polar surface area (TPSA) is 54.0 Å². The summed E-state index contributed by atoms with van der Waals surface area (Å²) in [7, 11) is 0. The molecule has 3 heterocycles. The normalized spacial score (nSPS) is 15.8. The molecule has 1 aromatic carbocycles. The second-order valence-corrected chi connectivity index (χ2v) is 6.66. The third kappa shape index (κ3) is 3.42. The molecule has 1 saturated heterocycles. The molecule has 0 spiro atoms. The average molecular weight is 346 g/mol. The Labute approximate surface area is 153 Å². The zero-order chi connectivity index (χ0) is 17.8. The quantitative estimate of drug-likeness (QED) is 0.720. The van der Waals surface area contributed by atoms with Gasteiger partial charge in [0.25, 0.3) is 0 Å². The number of aromatic amines is 1. The molecule has 0 unspecified atom stereocenters. The van der Waals surface area contributed by atoms with Crippen molar-refractivity contribution < 1.29 is 4.74 Å². The Kier molecular flexibility index (Phi) is 4.85. The number of terminal acetylenes is 1. The monoisotopic (exact) mass is 346 g/mol. The van der Waals surface area contributed by atoms with E-state index >= 15 is 0 Å². The number of hydrogen-bond donors (Lipinski definition) is 1. The van der Waals surface area contributed by atoms with Crippen molar-refractivity contribution in [1.82, 2.24) is 20.1 Å². The van der Waals surface area contributed by atoms with E-state index in [2.05, 4.69) is 44.2 Å². The number of para-hydroxylation sites is 1. The molecule has 1 aliphatic rings. The molecule has 2 aromatic heterocycles. The lowest BCUT2D eigenvalue weighted by Crippen LogP contribution is -2.32. The zero-order valence-electron chi connectivity index (χ0n) is 14.7. The third-order valence-electron chi connectivity index (χ3n) is 5.03. The summed E-state index contributed by atoms with van der Waals surface area (Å²) in [5, 5.41) is 8.70. The fraction of sp³-hybridized carbons (Fsp3) is 0.333. The predicted octanol–water partition coefficient (Wildman–Crippen LogP) is 3.35. The van der Waals surface area contributed by atoms with Gasteiger partial charge < -0.3 is 4.74 Å². The number of rotatable bonds is 5. The molecule has 1 N–H and O–H groups in total. The van der Waals surface area contributed by atoms with Gasteiger partial charge in [-0.2, -0.15) is 5.10 Å². The first-order chi connectivity index (χ1) is 12.8. The third-order valence-corrected chi connectivity index (χ3v) is 5.03. The van der Waals surface area contributed by atoms with Gasteiger partial charge in [0.15, 0.2) is 5.65 Å². The van der Waals surface area contributed by atoms with Gasteiger partial charge in [-0.05, 0) is 44.1 Å². The van der Waals surface area contributed by atoms with E-state index in [4.69, 9.17) is 11.2 Å². The van der Waals surface area contributed by atoms with E-state index in [-0.39, 0.29) is 0 Å². The Morgan fingerprint density at radius 3 is 2.88 bits per heavy atom. The van der Waals surface area contributed by atoms with E-state index < -0.39 is 0 Å². The van der Waals surface area contributed by atoms with E-state index in [0.29, 0.717) is 12.5 Å². The van der Waals surface area contributed by atoms with Crippen LogP contribution in [0.5, 0.6) is 5.75 Å². The summed E-state index contributed by atoms with van der Waals surface area (Å²) in [6, 6.07) is 12.2. The highest BCUT2D eigenvalue weighted by Gasteiger charge is 2.24. The maximum Gasteiger partial charge on any atom is 0.181 e. The average Bonchev–Trinajstić information content (AvgIpc) is 3.12. The number of H-pyrrole nitrogens is 1. The van der Waals surface area contributed by atoms with Crippen LogP contribution >= 0.6 is 0 Å². The Balaban J connectivity index is 1.41. The number of nitrogens with zero attached hydrogens (tertiary/aromatic N) is 3. The minimum absolute atomic E-state index is 0.306. The number of aromatic nitrogens is 3. The number of ether oxygens (including phenoxy) is 1. The van der Waals surface area contributed by atoms with Gasteiger partial charge in [-0.3, -0.25) is 10.00 Å². The SMILES string of the molecule is C#CCOc1ccccc1CN1CCC(c2[nH]nc3ncccc23)CC1. The number of pyridine rings is 1. The van der Waals surface area contributed by atoms with Crippen molar-refractivity contribution in [3.63, 3.8) is 0 Å². The Bertz CT molecular complexity index is 919. The molecule has 1 aliphatic heterocycles. The minimum atomic E-state index is 0.306. The maximum absolute atomic E-state index is 5.67. The van der Waals surface area contributed by atoms with Crippen molar-refractivity contribution in [1.29, 1.82) is 0 Å². The van der Waals surface area contributed by atoms with Crippen LogP contribution in [0.4, 0.5) is 0 Å². The van der Waals surface area contributed by atoms with Crippen LogP contribution in [-0.2, 0) is 6.54 Å². The number of hydrogen-bond acceptors (Lipinski definition) is 4. The van der Waals surface area contributed by atoms with Gasteiger partial charge in [-0.15, -0.1) is 6.42 Å². The first-order valence-electron chi connectivity index (χ1n) is 9.00. The number of piperidine rings is 1. The molecular weight excluding hydrogens is 324 g/mol. The number of nitrogens with one attached hydrogen (secondary N) is 1. The van der Waals surface area contributed by atoms with Crippen molar-refractivity contribution >= 4 is 11.0 Å². The Hall–Kier alpha value is -2.84. The van der Waals surface area contributed by atoms with Gasteiger partial charge in [-0.25, -0.2) is 4.98 Å². The largest absolute Gasteiger partial charge is 0.481 e. The van der Waals surface area contributed by atoms with E-state index in [1.165, 1.54) is 11.3 Å². The standard InChI is InChI=1S/C21H22N4O/c1-2-14-26-19-8-4-3-6-17(19)15-25-12-9-16(10-13-25)20-18-7-5-11-22-21(18)24-23-20/h1,3-8,11,16H,9-10,12-15H2,(H,22,23,24). The van der Waals surface area contributed by atoms with Crippen molar-refractivity contribution in [2.45, 2.75) is 25.3 Å². The van der Waals surface area contributed by atoms with Crippen LogP contribution in [0.25, 0.3) is 11.0 Å². The second-order valence-electron chi connectivity index (χ2n) is 6.66. The molecule has 0 aliphatic carbocycles. The van der Waals surface area contributed by atoms with Crippen molar-refractivity contribution in [3.8, 4) is 18.1 Å². The molecule has 0 amide bonds. The molecule has 4 rings (SSSR count). The van der Waals surface area contributed by atoms with Crippen LogP contribution in [-0.4, -0.2) is 39.8 Å². The fourth-order valence-electron chi connectivity index (χ4n) is 3.70. The zero-order valence-corrected chi connectivity index (χ0v) is 14.7. The van der Waals surface area contributed by atoms with Gasteiger partial charge in [0.2, 0.25) is 0 Å². The molecule has 26 heavy (non-hydrogen) atoms. The van der Waals surface area contributed by atoms with Crippen LogP contribution in [0.1, 0.15) is 30.0 Å². The highest BCUT2D eigenvalue weighted by molar-refractivity contribution is 5.77. The molecule has 5 heteroatoms. The molecule has 5 nitrogen and oxygen atoms in total. The highest BCUT2D eigenvalue weighted by atomic mass is 16.5. The second kappa shape index (κ2) is 7.59. The molecule has 3 aromatic rings. The molecule has 0 bridgehead atoms. The van der Waals surface area contributed by atoms with Crippen LogP contribution < -0.4 is 4.74 Å². The molecule has 0 radical (unpaired) electrons. The van der Waals surface area contributed by atoms with Crippen molar-refractivity contribution in [3.05, 3.63) is 53.9 Å². The lowest BCUT2D eigenvalue weighted by Gasteiger charge is -2.32. The smallest absolute Gasteiger partial charge is 0.181 e. The van der Waals surface area contributed by atoms with Crippen molar-refractivity contribution in [2.75, 3.05) is 19.7 Å². The van der Waals surface area contributed by atoms with Gasteiger partial charge in [0, 0.05) is 35.3 Å². The fourth-order valence-corrected chi connectivity index (χ4v) is 3.70. The summed E-state index contributed by atoms with van der Waals surface area (Å²) >= 11 is 0. The predicted molar refractivity (Wildman–Crippen MR) is 102 cm³/mol. The molecular formula is C21H22N4O. The van der Waals surface area contributed by atoms with E-state index in [9.17, 15) is 0 Å². The first kappa shape index (κ1) is 16.6. The van der Waals surface area contributed by atoms with E-state index in [0.717, 1.165) is 49.3 Å². The first-order valence-corrected chi connectivity index (χ1v) is 9.00. The van der Waals surface area contributed by atoms with Crippen molar-refractivity contribution in [2.24, 2.45) is 0 Å². The van der Waals surface area contributed by atoms with Crippen LogP contribution in [0.3, 0.4) is 0 Å². The van der Waals surface area contributed by atoms with E-state index in [1.54, 1.807) is 6.20 Å². The van der Waals surface area contributed by atoms with Gasteiger partial charge in [-0.1, -0.05) is 24.1 Å². The maximum atomic E-state index is 5.67. The van der Waals surface area contributed by atoms with Crippen LogP contribution in [0, 0.1) is 12.3 Å². The minimum Gasteiger partial charge on any atom is -0.481 e. The van der Waals surface area contributed by atoms with Gasteiger partial charge >= 0.3 is 0 Å². The Morgan fingerprint density at radius 2 is 2.04 bits per heavy atom. The summed E-state index contributed by atoms with van der Waals surface area (Å²) in [6.45, 7) is 3.29. The Morgan fingerprint density at radius 1 is 1.19 bits per heavy atom. The number of fused-ring (bicyclic) bond motifs is 1.